The quantitative estimate of drug-likeness (QED) is 0.249. The lowest BCUT2D eigenvalue weighted by Crippen LogP contribution is -2.40. The van der Waals surface area contributed by atoms with E-state index in [0.717, 1.165) is 63.1 Å². The number of methoxy groups -OCH3 is 3. The molecule has 0 aliphatic carbocycles. The van der Waals surface area contributed by atoms with Crippen LogP contribution in [0.4, 0.5) is 0 Å². The predicted molar refractivity (Wildman–Crippen MR) is 121 cm³/mol. The molecule has 2 rings (SSSR count). The molecule has 1 atom stereocenters. The van der Waals surface area contributed by atoms with Crippen LogP contribution in [0, 0.1) is 5.92 Å². The predicted octanol–water partition coefficient (Wildman–Crippen LogP) is 3.19. The van der Waals surface area contributed by atoms with Gasteiger partial charge in [-0.15, -0.1) is 24.0 Å². The van der Waals surface area contributed by atoms with Crippen LogP contribution in [0.5, 0.6) is 11.5 Å². The minimum Gasteiger partial charge on any atom is -0.493 e. The molecule has 1 saturated heterocycles. The van der Waals surface area contributed by atoms with E-state index in [-0.39, 0.29) is 24.0 Å². The summed E-state index contributed by atoms with van der Waals surface area (Å²) in [5.74, 6) is 3.18. The second-order valence-corrected chi connectivity index (χ2v) is 6.58. The van der Waals surface area contributed by atoms with Gasteiger partial charge in [0.1, 0.15) is 0 Å². The first-order chi connectivity index (χ1) is 12.7. The molecule has 1 aliphatic heterocycles. The van der Waals surface area contributed by atoms with Crippen molar-refractivity contribution in [2.24, 2.45) is 10.9 Å². The molecule has 7 heteroatoms. The van der Waals surface area contributed by atoms with Crippen LogP contribution in [0.25, 0.3) is 0 Å². The van der Waals surface area contributed by atoms with Gasteiger partial charge in [-0.25, -0.2) is 0 Å². The summed E-state index contributed by atoms with van der Waals surface area (Å²) in [6.45, 7) is 6.71. The third-order valence-electron chi connectivity index (χ3n) is 4.66. The summed E-state index contributed by atoms with van der Waals surface area (Å²) in [4.78, 5) is 7.17. The zero-order valence-corrected chi connectivity index (χ0v) is 19.3. The van der Waals surface area contributed by atoms with Crippen molar-refractivity contribution in [3.05, 3.63) is 23.8 Å². The Kier molecular flexibility index (Phi) is 11.5. The number of hydrogen-bond acceptors (Lipinski definition) is 4. The Morgan fingerprint density at radius 2 is 2.00 bits per heavy atom. The number of aliphatic imine (C=N–C) groups is 1. The molecule has 0 saturated carbocycles. The van der Waals surface area contributed by atoms with Crippen molar-refractivity contribution in [3.63, 3.8) is 0 Å². The second kappa shape index (κ2) is 13.0. The lowest BCUT2D eigenvalue weighted by Gasteiger charge is -2.21. The number of aryl methyl sites for hydroxylation is 1. The van der Waals surface area contributed by atoms with Gasteiger partial charge < -0.3 is 24.4 Å². The molecule has 0 radical (unpaired) electrons. The Morgan fingerprint density at radius 1 is 1.22 bits per heavy atom. The first kappa shape index (κ1) is 23.8. The van der Waals surface area contributed by atoms with E-state index in [1.54, 1.807) is 21.3 Å². The summed E-state index contributed by atoms with van der Waals surface area (Å²) in [5, 5.41) is 3.42. The van der Waals surface area contributed by atoms with E-state index in [1.807, 2.05) is 12.1 Å². The van der Waals surface area contributed by atoms with Crippen LogP contribution >= 0.6 is 24.0 Å². The largest absolute Gasteiger partial charge is 0.493 e. The molecule has 154 valence electrons. The van der Waals surface area contributed by atoms with Gasteiger partial charge in [0.05, 0.1) is 20.8 Å². The van der Waals surface area contributed by atoms with Crippen molar-refractivity contribution in [2.45, 2.75) is 26.2 Å². The third-order valence-corrected chi connectivity index (χ3v) is 4.66. The minimum atomic E-state index is 0. The molecule has 0 amide bonds. The van der Waals surface area contributed by atoms with Gasteiger partial charge in [0.25, 0.3) is 0 Å². The topological polar surface area (TPSA) is 55.3 Å². The highest BCUT2D eigenvalue weighted by Crippen LogP contribution is 2.28. The first-order valence-electron chi connectivity index (χ1n) is 9.44. The standard InChI is InChI=1S/C20H33N3O3.HI/c1-5-21-20(23-12-10-17(14-23)15-24-2)22-11-6-7-16-8-9-18(25-3)19(13-16)26-4;/h8-9,13,17H,5-7,10-12,14-15H2,1-4H3,(H,21,22);1H. The number of benzene rings is 1. The monoisotopic (exact) mass is 491 g/mol. The maximum Gasteiger partial charge on any atom is 0.193 e. The van der Waals surface area contributed by atoms with E-state index in [4.69, 9.17) is 19.2 Å². The van der Waals surface area contributed by atoms with E-state index >= 15 is 0 Å². The highest BCUT2D eigenvalue weighted by Gasteiger charge is 2.24. The molecule has 6 nitrogen and oxygen atoms in total. The van der Waals surface area contributed by atoms with Crippen LogP contribution in [0.1, 0.15) is 25.3 Å². The number of halogens is 1. The molecular formula is C20H34IN3O3. The van der Waals surface area contributed by atoms with Crippen molar-refractivity contribution < 1.29 is 14.2 Å². The summed E-state index contributed by atoms with van der Waals surface area (Å²) in [5.41, 5.74) is 1.24. The number of rotatable bonds is 9. The molecule has 0 spiro atoms. The van der Waals surface area contributed by atoms with Crippen LogP contribution < -0.4 is 14.8 Å². The molecule has 27 heavy (non-hydrogen) atoms. The van der Waals surface area contributed by atoms with Gasteiger partial charge >= 0.3 is 0 Å². The lowest BCUT2D eigenvalue weighted by atomic mass is 10.1. The molecule has 1 aromatic carbocycles. The fourth-order valence-electron chi connectivity index (χ4n) is 3.33. The third kappa shape index (κ3) is 7.37. The van der Waals surface area contributed by atoms with Crippen molar-refractivity contribution in [1.82, 2.24) is 10.2 Å². The lowest BCUT2D eigenvalue weighted by molar-refractivity contribution is 0.157. The number of likely N-dealkylation sites (tertiary alicyclic amines) is 1. The zero-order chi connectivity index (χ0) is 18.8. The Morgan fingerprint density at radius 3 is 2.67 bits per heavy atom. The van der Waals surface area contributed by atoms with Gasteiger partial charge in [0.15, 0.2) is 17.5 Å². The molecule has 0 bridgehead atoms. The van der Waals surface area contributed by atoms with Crippen LogP contribution in [0.15, 0.2) is 23.2 Å². The van der Waals surface area contributed by atoms with Gasteiger partial charge in [-0.3, -0.25) is 4.99 Å². The number of nitrogens with zero attached hydrogens (tertiary/aromatic N) is 2. The summed E-state index contributed by atoms with van der Waals surface area (Å²) in [7, 11) is 5.10. The van der Waals surface area contributed by atoms with Crippen LogP contribution in [-0.2, 0) is 11.2 Å². The van der Waals surface area contributed by atoms with Gasteiger partial charge in [-0.05, 0) is 43.9 Å². The van der Waals surface area contributed by atoms with E-state index in [2.05, 4.69) is 23.2 Å². The van der Waals surface area contributed by atoms with Crippen molar-refractivity contribution >= 4 is 29.9 Å². The summed E-state index contributed by atoms with van der Waals surface area (Å²) in [6, 6.07) is 6.09. The molecule has 1 unspecified atom stereocenters. The van der Waals surface area contributed by atoms with Gasteiger partial charge in [0.2, 0.25) is 0 Å². The van der Waals surface area contributed by atoms with Crippen LogP contribution in [-0.4, -0.2) is 65.0 Å². The number of nitrogens with one attached hydrogen (secondary N) is 1. The normalized spacial score (nSPS) is 16.8. The summed E-state index contributed by atoms with van der Waals surface area (Å²) >= 11 is 0. The van der Waals surface area contributed by atoms with Gasteiger partial charge in [-0.1, -0.05) is 6.07 Å². The molecule has 1 aliphatic rings. The average molecular weight is 491 g/mol. The highest BCUT2D eigenvalue weighted by atomic mass is 127. The molecule has 0 aromatic heterocycles. The number of guanidine groups is 1. The molecule has 1 heterocycles. The maximum atomic E-state index is 5.37. The van der Waals surface area contributed by atoms with Crippen molar-refractivity contribution in [3.8, 4) is 11.5 Å². The Balaban J connectivity index is 0.00000364. The smallest absolute Gasteiger partial charge is 0.193 e. The van der Waals surface area contributed by atoms with Crippen molar-refractivity contribution in [2.75, 3.05) is 54.1 Å². The van der Waals surface area contributed by atoms with E-state index < -0.39 is 0 Å². The zero-order valence-electron chi connectivity index (χ0n) is 17.0. The van der Waals surface area contributed by atoms with Crippen LogP contribution in [0.3, 0.4) is 0 Å². The summed E-state index contributed by atoms with van der Waals surface area (Å²) in [6.07, 6.45) is 3.14. The number of hydrogen-bond donors (Lipinski definition) is 1. The van der Waals surface area contributed by atoms with Crippen LogP contribution in [0.2, 0.25) is 0 Å². The molecule has 1 aromatic rings. The molecule has 1 N–H and O–H groups in total. The maximum absolute atomic E-state index is 5.37. The average Bonchev–Trinajstić information content (AvgIpc) is 3.12. The Hall–Kier alpha value is -1.22. The Labute approximate surface area is 180 Å². The Bertz CT molecular complexity index is 584. The SMILES string of the molecule is CCNC(=NCCCc1ccc(OC)c(OC)c1)N1CCC(COC)C1.I. The fourth-order valence-corrected chi connectivity index (χ4v) is 3.33. The number of ether oxygens (including phenoxy) is 3. The summed E-state index contributed by atoms with van der Waals surface area (Å²) < 4.78 is 16.0. The van der Waals surface area contributed by atoms with Gasteiger partial charge in [0, 0.05) is 39.2 Å². The highest BCUT2D eigenvalue weighted by molar-refractivity contribution is 14.0. The second-order valence-electron chi connectivity index (χ2n) is 6.58. The minimum absolute atomic E-state index is 0. The molecular weight excluding hydrogens is 457 g/mol. The van der Waals surface area contributed by atoms with E-state index in [9.17, 15) is 0 Å². The first-order valence-corrected chi connectivity index (χ1v) is 9.44. The fraction of sp³-hybridized carbons (Fsp3) is 0.650. The van der Waals surface area contributed by atoms with Gasteiger partial charge in [-0.2, -0.15) is 0 Å². The van der Waals surface area contributed by atoms with Crippen molar-refractivity contribution in [1.29, 1.82) is 0 Å². The van der Waals surface area contributed by atoms with E-state index in [0.29, 0.717) is 5.92 Å². The molecule has 1 fully saturated rings. The van der Waals surface area contributed by atoms with E-state index in [1.165, 1.54) is 12.0 Å².